The number of carbonyl (C=O) groups is 3. The van der Waals surface area contributed by atoms with Crippen LogP contribution in [0.15, 0.2) is 42.6 Å². The zero-order valence-electron chi connectivity index (χ0n) is 20.8. The number of nitrogens with one attached hydrogen (secondary N) is 1. The summed E-state index contributed by atoms with van der Waals surface area (Å²) in [4.78, 5) is 49.7. The molecule has 2 aliphatic rings. The summed E-state index contributed by atoms with van der Waals surface area (Å²) in [5.41, 5.74) is 7.32. The van der Waals surface area contributed by atoms with E-state index in [2.05, 4.69) is 15.2 Å². The van der Waals surface area contributed by atoms with Crippen molar-refractivity contribution in [2.24, 2.45) is 5.41 Å². The summed E-state index contributed by atoms with van der Waals surface area (Å²) < 4.78 is 0. The first kappa shape index (κ1) is 24.7. The lowest BCUT2D eigenvalue weighted by atomic mass is 9.86. The van der Waals surface area contributed by atoms with Crippen LogP contribution in [0.2, 0.25) is 0 Å². The number of amides is 3. The van der Waals surface area contributed by atoms with Gasteiger partial charge < -0.3 is 25.8 Å². The molecule has 1 aromatic heterocycles. The molecule has 0 radical (unpaired) electrons. The van der Waals surface area contributed by atoms with Crippen molar-refractivity contribution in [3.63, 3.8) is 0 Å². The van der Waals surface area contributed by atoms with Crippen LogP contribution >= 0.6 is 0 Å². The number of likely N-dealkylation sites (tertiary alicyclic amines) is 1. The van der Waals surface area contributed by atoms with Crippen LogP contribution in [0.4, 0.5) is 11.5 Å². The van der Waals surface area contributed by atoms with Crippen LogP contribution in [0.5, 0.6) is 0 Å². The molecule has 9 nitrogen and oxygen atoms in total. The maximum Gasteiger partial charge on any atom is 0.313 e. The van der Waals surface area contributed by atoms with Crippen LogP contribution in [0, 0.1) is 12.3 Å². The second-order valence-electron chi connectivity index (χ2n) is 10.1. The van der Waals surface area contributed by atoms with Gasteiger partial charge in [0, 0.05) is 25.7 Å². The number of rotatable bonds is 3. The summed E-state index contributed by atoms with van der Waals surface area (Å²) in [5, 5.41) is 2.65. The van der Waals surface area contributed by atoms with Crippen LogP contribution in [0.3, 0.4) is 0 Å². The Morgan fingerprint density at radius 1 is 1.14 bits per heavy atom. The van der Waals surface area contributed by atoms with Gasteiger partial charge in [0.05, 0.1) is 23.3 Å². The van der Waals surface area contributed by atoms with Crippen LogP contribution in [-0.2, 0) is 14.4 Å². The summed E-state index contributed by atoms with van der Waals surface area (Å²) in [7, 11) is 2.03. The highest BCUT2D eigenvalue weighted by Crippen LogP contribution is 2.36. The molecule has 3 amide bonds. The predicted octanol–water partition coefficient (Wildman–Crippen LogP) is 2.05. The van der Waals surface area contributed by atoms with Crippen LogP contribution in [0.1, 0.15) is 37.4 Å². The molecule has 0 aliphatic carbocycles. The van der Waals surface area contributed by atoms with E-state index in [0.29, 0.717) is 30.2 Å². The summed E-state index contributed by atoms with van der Waals surface area (Å²) >= 11 is 0. The third-order valence-corrected chi connectivity index (χ3v) is 7.20. The fraction of sp³-hybridized carbons (Fsp3) is 0.462. The molecule has 4 rings (SSSR count). The van der Waals surface area contributed by atoms with E-state index in [1.54, 1.807) is 17.9 Å². The number of aromatic nitrogens is 1. The largest absolute Gasteiger partial charge is 0.383 e. The lowest BCUT2D eigenvalue weighted by Crippen LogP contribution is -2.60. The molecule has 1 aromatic carbocycles. The van der Waals surface area contributed by atoms with Gasteiger partial charge >= 0.3 is 11.8 Å². The molecule has 186 valence electrons. The first-order valence-electron chi connectivity index (χ1n) is 12.0. The number of nitrogens with zero attached hydrogens (tertiary/aromatic N) is 4. The Morgan fingerprint density at radius 2 is 1.86 bits per heavy atom. The molecule has 2 saturated heterocycles. The zero-order chi connectivity index (χ0) is 25.3. The van der Waals surface area contributed by atoms with Gasteiger partial charge in [-0.25, -0.2) is 4.98 Å². The second kappa shape index (κ2) is 9.65. The molecule has 3 atom stereocenters. The van der Waals surface area contributed by atoms with Gasteiger partial charge in [-0.05, 0) is 58.0 Å². The minimum Gasteiger partial charge on any atom is -0.383 e. The minimum atomic E-state index is -0.742. The average Bonchev–Trinajstić information content (AvgIpc) is 3.20. The number of carbonyl (C=O) groups excluding carboxylic acids is 3. The first-order valence-corrected chi connectivity index (χ1v) is 12.0. The van der Waals surface area contributed by atoms with Crippen molar-refractivity contribution >= 4 is 29.2 Å². The lowest BCUT2D eigenvalue weighted by Gasteiger charge is -2.47. The van der Waals surface area contributed by atoms with Crippen molar-refractivity contribution in [2.45, 2.75) is 39.3 Å². The van der Waals surface area contributed by atoms with Gasteiger partial charge in [0.15, 0.2) is 0 Å². The first-order chi connectivity index (χ1) is 16.6. The van der Waals surface area contributed by atoms with Crippen molar-refractivity contribution < 1.29 is 14.4 Å². The molecule has 2 fully saturated rings. The fourth-order valence-corrected chi connectivity index (χ4v) is 5.12. The van der Waals surface area contributed by atoms with Crippen LogP contribution in [0.25, 0.3) is 0 Å². The average molecular weight is 479 g/mol. The van der Waals surface area contributed by atoms with E-state index in [1.165, 1.54) is 6.20 Å². The molecule has 35 heavy (non-hydrogen) atoms. The Hall–Kier alpha value is -3.46. The maximum atomic E-state index is 13.7. The molecular formula is C26H34N6O3. The van der Waals surface area contributed by atoms with Crippen molar-refractivity contribution in [2.75, 3.05) is 44.3 Å². The molecular weight excluding hydrogens is 444 g/mol. The second-order valence-corrected chi connectivity index (χ2v) is 10.1. The number of hydrogen-bond acceptors (Lipinski definition) is 6. The highest BCUT2D eigenvalue weighted by molar-refractivity contribution is 6.39. The third kappa shape index (κ3) is 5.00. The Labute approximate surface area is 206 Å². The number of nitrogen functional groups attached to an aromatic ring is 1. The monoisotopic (exact) mass is 478 g/mol. The number of hydrogen-bond donors (Lipinski definition) is 2. The third-order valence-electron chi connectivity index (χ3n) is 7.20. The predicted molar refractivity (Wildman–Crippen MR) is 134 cm³/mol. The van der Waals surface area contributed by atoms with Crippen molar-refractivity contribution in [3.8, 4) is 0 Å². The van der Waals surface area contributed by atoms with Crippen molar-refractivity contribution in [1.82, 2.24) is 19.7 Å². The number of nitrogens with two attached hydrogens (primary N) is 1. The van der Waals surface area contributed by atoms with Crippen LogP contribution < -0.4 is 11.1 Å². The van der Waals surface area contributed by atoms with Gasteiger partial charge in [-0.3, -0.25) is 14.4 Å². The highest BCUT2D eigenvalue weighted by atomic mass is 16.2. The highest BCUT2D eigenvalue weighted by Gasteiger charge is 2.46. The Kier molecular flexibility index (Phi) is 6.80. The van der Waals surface area contributed by atoms with Gasteiger partial charge in [-0.2, -0.15) is 0 Å². The van der Waals surface area contributed by atoms with Gasteiger partial charge in [0.25, 0.3) is 0 Å². The molecule has 9 heteroatoms. The van der Waals surface area contributed by atoms with Crippen molar-refractivity contribution in [3.05, 3.63) is 53.7 Å². The van der Waals surface area contributed by atoms with E-state index >= 15 is 0 Å². The van der Waals surface area contributed by atoms with E-state index in [4.69, 9.17) is 5.73 Å². The lowest BCUT2D eigenvalue weighted by molar-refractivity contribution is -0.155. The molecule has 2 aliphatic heterocycles. The molecule has 0 saturated carbocycles. The SMILES string of the molecule is Cc1cc(NC(=O)C(=O)N2C[C@@H](C)N(C(=O)C3(C)CCN(C)C3)C[C@@H]2c2ccccc2)cnc1N. The molecule has 3 heterocycles. The van der Waals surface area contributed by atoms with Gasteiger partial charge in [-0.1, -0.05) is 30.3 Å². The number of pyridine rings is 1. The quantitative estimate of drug-likeness (QED) is 0.653. The molecule has 3 N–H and O–H groups in total. The summed E-state index contributed by atoms with van der Waals surface area (Å²) in [5.74, 6) is -0.905. The normalized spacial score (nSPS) is 24.9. The summed E-state index contributed by atoms with van der Waals surface area (Å²) in [6.07, 6.45) is 2.24. The van der Waals surface area contributed by atoms with E-state index in [1.807, 2.05) is 56.1 Å². The topological polar surface area (TPSA) is 112 Å². The Morgan fingerprint density at radius 3 is 2.49 bits per heavy atom. The Balaban J connectivity index is 1.58. The van der Waals surface area contributed by atoms with Gasteiger partial charge in [-0.15, -0.1) is 0 Å². The number of benzene rings is 1. The smallest absolute Gasteiger partial charge is 0.313 e. The van der Waals surface area contributed by atoms with E-state index in [-0.39, 0.29) is 18.5 Å². The minimum absolute atomic E-state index is 0.107. The molecule has 2 aromatic rings. The van der Waals surface area contributed by atoms with Crippen molar-refractivity contribution in [1.29, 1.82) is 0 Å². The van der Waals surface area contributed by atoms with Crippen LogP contribution in [-0.4, -0.2) is 76.7 Å². The zero-order valence-corrected chi connectivity index (χ0v) is 20.8. The fourth-order valence-electron chi connectivity index (χ4n) is 5.12. The van der Waals surface area contributed by atoms with E-state index in [0.717, 1.165) is 18.5 Å². The van der Waals surface area contributed by atoms with Gasteiger partial charge in [0.2, 0.25) is 5.91 Å². The number of anilines is 2. The standard InChI is InChI=1S/C26H34N6O3/c1-17-12-20(13-28-22(17)27)29-23(33)24(34)32-14-18(2)31(15-21(32)19-8-6-5-7-9-19)25(35)26(3)10-11-30(4)16-26/h5-9,12-13,18,21H,10-11,14-16H2,1-4H3,(H2,27,28)(H,29,33)/t18-,21-,26?/m1/s1. The number of piperazine rings is 1. The Bertz CT molecular complexity index is 1120. The maximum absolute atomic E-state index is 13.7. The molecule has 0 spiro atoms. The van der Waals surface area contributed by atoms with E-state index in [9.17, 15) is 14.4 Å². The summed E-state index contributed by atoms with van der Waals surface area (Å²) in [6, 6.07) is 10.6. The molecule has 0 bridgehead atoms. The number of aryl methyl sites for hydroxylation is 1. The van der Waals surface area contributed by atoms with Gasteiger partial charge in [0.1, 0.15) is 5.82 Å². The summed E-state index contributed by atoms with van der Waals surface area (Å²) in [6.45, 7) is 7.95. The molecule has 1 unspecified atom stereocenters. The van der Waals surface area contributed by atoms with E-state index < -0.39 is 23.3 Å².